The fourth-order valence-corrected chi connectivity index (χ4v) is 24.1. The van der Waals surface area contributed by atoms with Crippen molar-refractivity contribution in [1.82, 2.24) is 0 Å². The number of rotatable bonds is 26. The highest BCUT2D eigenvalue weighted by atomic mass is 15.2. The molecule has 0 aliphatic carbocycles. The summed E-state index contributed by atoms with van der Waals surface area (Å²) < 4.78 is 0. The highest BCUT2D eigenvalue weighted by Gasteiger charge is 2.33. The van der Waals surface area contributed by atoms with Gasteiger partial charge in [-0.3, -0.25) is 0 Å². The Hall–Kier alpha value is -16.8. The van der Waals surface area contributed by atoms with Crippen molar-refractivity contribution >= 4 is 199 Å². The summed E-state index contributed by atoms with van der Waals surface area (Å²) in [7, 11) is 0. The minimum atomic E-state index is 0.362. The van der Waals surface area contributed by atoms with Crippen molar-refractivity contribution in [3.8, 4) is 0 Å². The van der Waals surface area contributed by atoms with Gasteiger partial charge in [-0.05, 0) is 318 Å². The molecule has 0 unspecified atom stereocenters. The second kappa shape index (κ2) is 41.8. The number of anilines is 18. The summed E-state index contributed by atoms with van der Waals surface area (Å²) >= 11 is 0. The lowest BCUT2D eigenvalue weighted by Gasteiger charge is -2.34. The molecule has 738 valence electrons. The van der Waals surface area contributed by atoms with Crippen molar-refractivity contribution in [2.75, 3.05) is 29.4 Å². The molecule has 0 fully saturated rings. The summed E-state index contributed by atoms with van der Waals surface area (Å²) in [6, 6.07) is 162. The van der Waals surface area contributed by atoms with Gasteiger partial charge < -0.3 is 29.4 Å². The molecule has 0 aromatic heterocycles. The first-order chi connectivity index (χ1) is 73.3. The molecule has 0 heterocycles. The predicted molar refractivity (Wildman–Crippen MR) is 651 cm³/mol. The van der Waals surface area contributed by atoms with E-state index in [1.807, 2.05) is 0 Å². The van der Waals surface area contributed by atoms with Gasteiger partial charge in [-0.1, -0.05) is 411 Å². The highest BCUT2D eigenvalue weighted by molar-refractivity contribution is 6.32. The van der Waals surface area contributed by atoms with Gasteiger partial charge in [0.05, 0.1) is 68.2 Å². The number of aryl methyl sites for hydroxylation is 8. The first-order valence-electron chi connectivity index (χ1n) is 54.1. The van der Waals surface area contributed by atoms with E-state index in [9.17, 15) is 0 Å². The van der Waals surface area contributed by atoms with Gasteiger partial charge in [0.15, 0.2) is 0 Å². The van der Waals surface area contributed by atoms with Gasteiger partial charge in [-0.2, -0.15) is 0 Å². The topological polar surface area (TPSA) is 19.4 Å². The fraction of sp³-hybridized carbons (Fsp3) is 0.167. The molecule has 0 spiro atoms. The third kappa shape index (κ3) is 17.6. The Kier molecular flexibility index (Phi) is 27.3. The summed E-state index contributed by atoms with van der Waals surface area (Å²) in [5.74, 6) is 1.45. The SMILES string of the molecule is CC(C)c1cccc(C(C)C)c1N(c1ccccc1)c1ccc2ccc3c(N(c4ccccc4)c4c(C(C)C)cccc4C(C)C)ccc4ccc1c2c43.CCc1cccc(CC)c1N(c1ccccc1)c1ccc2ccc3c(N(c4ccccc4)c4c(CC)cccc4CC)ccc4ccc1c2c43.Cc1cccc(C)c1N(c1ccccc1)c1ccc2ccc3c(N(c4ccccc4)c4c(C)cccc4C)ccc4ccc1c2c43. The van der Waals surface area contributed by atoms with Crippen LogP contribution in [-0.4, -0.2) is 0 Å². The molecule has 0 saturated heterocycles. The smallest absolute Gasteiger partial charge is 0.0540 e. The van der Waals surface area contributed by atoms with E-state index in [0.717, 1.165) is 37.1 Å². The second-order valence-electron chi connectivity index (χ2n) is 41.7. The van der Waals surface area contributed by atoms with Crippen molar-refractivity contribution < 1.29 is 0 Å². The molecule has 0 radical (unpaired) electrons. The summed E-state index contributed by atoms with van der Waals surface area (Å²) in [6.07, 6.45) is 3.87. The minimum Gasteiger partial charge on any atom is -0.309 e. The zero-order chi connectivity index (χ0) is 103. The van der Waals surface area contributed by atoms with Gasteiger partial charge >= 0.3 is 0 Å². The molecule has 0 amide bonds. The summed E-state index contributed by atoms with van der Waals surface area (Å²) in [5.41, 5.74) is 37.8. The van der Waals surface area contributed by atoms with Gasteiger partial charge in [0, 0.05) is 66.4 Å². The Labute approximate surface area is 886 Å². The minimum absolute atomic E-state index is 0.362. The largest absolute Gasteiger partial charge is 0.309 e. The fourth-order valence-electron chi connectivity index (χ4n) is 24.1. The van der Waals surface area contributed by atoms with E-state index in [4.69, 9.17) is 0 Å². The second-order valence-corrected chi connectivity index (χ2v) is 41.7. The lowest BCUT2D eigenvalue weighted by molar-refractivity contribution is 0.831. The Bertz CT molecular complexity index is 8340. The summed E-state index contributed by atoms with van der Waals surface area (Å²) in [6.45, 7) is 36.5. The van der Waals surface area contributed by atoms with Crippen LogP contribution in [0.3, 0.4) is 0 Å². The molecule has 24 rings (SSSR count). The molecule has 0 bridgehead atoms. The van der Waals surface area contributed by atoms with Crippen LogP contribution in [0.4, 0.5) is 102 Å². The van der Waals surface area contributed by atoms with Crippen molar-refractivity contribution in [2.45, 2.75) is 160 Å². The maximum atomic E-state index is 2.54. The van der Waals surface area contributed by atoms with Gasteiger partial charge in [0.2, 0.25) is 0 Å². The van der Waals surface area contributed by atoms with E-state index < -0.39 is 0 Å². The average Bonchev–Trinajstić information content (AvgIpc) is 0.720. The molecular weight excluding hydrogens is 1810 g/mol. The maximum absolute atomic E-state index is 2.54. The number of benzene rings is 24. The Morgan fingerprint density at radius 3 is 0.493 bits per heavy atom. The molecular formula is C144H132N6. The first-order valence-corrected chi connectivity index (χ1v) is 54.1. The Balaban J connectivity index is 0.000000128. The lowest BCUT2D eigenvalue weighted by atomic mass is 9.88. The van der Waals surface area contributed by atoms with E-state index in [0.29, 0.717) is 23.7 Å². The van der Waals surface area contributed by atoms with E-state index in [1.165, 1.54) is 255 Å². The maximum Gasteiger partial charge on any atom is 0.0540 e. The molecule has 6 heteroatoms. The van der Waals surface area contributed by atoms with Crippen LogP contribution in [0.1, 0.15) is 174 Å². The van der Waals surface area contributed by atoms with Gasteiger partial charge in [0.25, 0.3) is 0 Å². The van der Waals surface area contributed by atoms with Crippen LogP contribution >= 0.6 is 0 Å². The van der Waals surface area contributed by atoms with Gasteiger partial charge in [0.1, 0.15) is 0 Å². The van der Waals surface area contributed by atoms with Crippen LogP contribution < -0.4 is 29.4 Å². The predicted octanol–water partition coefficient (Wildman–Crippen LogP) is 42.5. The van der Waals surface area contributed by atoms with Crippen LogP contribution in [0, 0.1) is 27.7 Å². The molecule has 6 nitrogen and oxygen atoms in total. The number of para-hydroxylation sites is 12. The van der Waals surface area contributed by atoms with Crippen molar-refractivity contribution in [2.24, 2.45) is 0 Å². The number of hydrogen-bond acceptors (Lipinski definition) is 6. The standard InChI is InChI=1S/C52H52N2.C48H44N2.C44H36N2/c1-33(2)41-21-15-22-42(34(3)4)51(41)53(39-17-11-9-12-18-39)47-31-27-37-26-30-46-48(32-28-38-25-29-45(47)49(37)50(38)46)54(40-19-13-10-14-20-40)52-43(35(5)6)23-16-24-44(52)36(7)8;1-5-33-17-15-18-34(6-2)47(33)49(39-21-11-9-12-22-39)43-31-27-37-26-30-42-44(32-28-38-25-29-41(43)45(37)46(38)42)50(40-23-13-10-14-24-40)48-35(7-3)19-16-20-36(48)8-4;1-29-13-11-14-30(2)43(29)45(35-17-7-5-8-18-35)39-27-23-33-22-26-38-40(28-24-34-21-25-37(39)41(33)42(34)38)46(36-19-9-6-10-20-36)44-31(3)15-12-16-32(44)4/h9-36H,1-8H3;9-32H,5-8H2,1-4H3;5-28H,1-4H3. The third-order valence-corrected chi connectivity index (χ3v) is 31.2. The van der Waals surface area contributed by atoms with Crippen molar-refractivity contribution in [3.05, 3.63) is 504 Å². The Morgan fingerprint density at radius 1 is 0.153 bits per heavy atom. The van der Waals surface area contributed by atoms with Crippen LogP contribution in [0.25, 0.3) is 97.0 Å². The van der Waals surface area contributed by atoms with E-state index in [1.54, 1.807) is 0 Å². The van der Waals surface area contributed by atoms with Crippen LogP contribution in [-0.2, 0) is 25.7 Å². The molecule has 0 N–H and O–H groups in total. The van der Waals surface area contributed by atoms with Gasteiger partial charge in [-0.15, -0.1) is 0 Å². The lowest BCUT2D eigenvalue weighted by Crippen LogP contribution is -2.16. The van der Waals surface area contributed by atoms with Crippen molar-refractivity contribution in [3.63, 3.8) is 0 Å². The van der Waals surface area contributed by atoms with E-state index in [-0.39, 0.29) is 0 Å². The normalized spacial score (nSPS) is 11.7. The van der Waals surface area contributed by atoms with Crippen LogP contribution in [0.5, 0.6) is 0 Å². The zero-order valence-corrected chi connectivity index (χ0v) is 89.4. The van der Waals surface area contributed by atoms with E-state index >= 15 is 0 Å². The van der Waals surface area contributed by atoms with Crippen LogP contribution in [0.2, 0.25) is 0 Å². The monoisotopic (exact) mass is 1950 g/mol. The quantitative estimate of drug-likeness (QED) is 0.0500. The first kappa shape index (κ1) is 97.9. The van der Waals surface area contributed by atoms with Crippen molar-refractivity contribution in [1.29, 1.82) is 0 Å². The summed E-state index contributed by atoms with van der Waals surface area (Å²) in [5, 5.41) is 23.0. The third-order valence-electron chi connectivity index (χ3n) is 31.2. The van der Waals surface area contributed by atoms with Crippen LogP contribution in [0.15, 0.2) is 437 Å². The average molecular weight is 1950 g/mol. The molecule has 150 heavy (non-hydrogen) atoms. The molecule has 0 aliphatic heterocycles. The zero-order valence-electron chi connectivity index (χ0n) is 89.4. The molecule has 24 aromatic rings. The molecule has 0 atom stereocenters. The Morgan fingerprint density at radius 2 is 0.313 bits per heavy atom. The molecule has 0 aliphatic rings. The number of hydrogen-bond donors (Lipinski definition) is 0. The number of nitrogens with zero attached hydrogens (tertiary/aromatic N) is 6. The molecule has 0 saturated carbocycles. The summed E-state index contributed by atoms with van der Waals surface area (Å²) in [4.78, 5) is 15.0. The van der Waals surface area contributed by atoms with E-state index in [2.05, 4.69) is 577 Å². The highest BCUT2D eigenvalue weighted by Crippen LogP contribution is 2.57. The molecule has 24 aromatic carbocycles. The van der Waals surface area contributed by atoms with Gasteiger partial charge in [-0.25, -0.2) is 0 Å².